The van der Waals surface area contributed by atoms with Crippen LogP contribution < -0.4 is 0 Å². The van der Waals surface area contributed by atoms with Gasteiger partial charge in [0.05, 0.1) is 31.1 Å². The van der Waals surface area contributed by atoms with Gasteiger partial charge in [0.2, 0.25) is 5.91 Å². The number of amides is 1. The number of aromatic nitrogens is 2. The molecule has 0 aliphatic carbocycles. The van der Waals surface area contributed by atoms with Crippen LogP contribution in [0.4, 0.5) is 0 Å². The number of morpholine rings is 1. The summed E-state index contributed by atoms with van der Waals surface area (Å²) in [7, 11) is 0. The summed E-state index contributed by atoms with van der Waals surface area (Å²) >= 11 is 0. The van der Waals surface area contributed by atoms with Gasteiger partial charge in [-0.05, 0) is 38.7 Å². The first-order chi connectivity index (χ1) is 11.3. The van der Waals surface area contributed by atoms with Crippen LogP contribution >= 0.6 is 0 Å². The quantitative estimate of drug-likeness (QED) is 0.858. The van der Waals surface area contributed by atoms with Crippen molar-refractivity contribution in [3.63, 3.8) is 0 Å². The van der Waals surface area contributed by atoms with Gasteiger partial charge in [0.25, 0.3) is 0 Å². The van der Waals surface area contributed by atoms with Crippen molar-refractivity contribution < 1.29 is 14.6 Å². The predicted octanol–water partition coefficient (Wildman–Crippen LogP) is 1.70. The molecule has 0 bridgehead atoms. The maximum Gasteiger partial charge on any atom is 0.223 e. The fourth-order valence-electron chi connectivity index (χ4n) is 3.27. The molecule has 1 aliphatic rings. The lowest BCUT2D eigenvalue weighted by atomic mass is 10.1. The van der Waals surface area contributed by atoms with Crippen LogP contribution in [0.3, 0.4) is 0 Å². The number of rotatable bonds is 6. The highest BCUT2D eigenvalue weighted by atomic mass is 16.5. The molecule has 1 aromatic rings. The molecule has 1 N–H and O–H groups in total. The summed E-state index contributed by atoms with van der Waals surface area (Å²) in [6.07, 6.45) is 0.919. The number of carbonyl (C=O) groups excluding carboxylic acids is 1. The van der Waals surface area contributed by atoms with E-state index in [0.29, 0.717) is 31.9 Å². The normalized spacial score (nSPS) is 21.5. The Morgan fingerprint density at radius 3 is 2.75 bits per heavy atom. The van der Waals surface area contributed by atoms with E-state index in [-0.39, 0.29) is 24.7 Å². The van der Waals surface area contributed by atoms with Gasteiger partial charge in [-0.25, -0.2) is 0 Å². The minimum Gasteiger partial charge on any atom is -0.394 e. The van der Waals surface area contributed by atoms with Crippen molar-refractivity contribution in [2.75, 3.05) is 19.8 Å². The summed E-state index contributed by atoms with van der Waals surface area (Å²) in [6, 6.07) is 0.0613. The largest absolute Gasteiger partial charge is 0.394 e. The molecule has 1 aromatic heterocycles. The third-order valence-corrected chi connectivity index (χ3v) is 4.69. The lowest BCUT2D eigenvalue weighted by Crippen LogP contribution is -2.52. The zero-order valence-corrected chi connectivity index (χ0v) is 15.6. The number of ether oxygens (including phenoxy) is 1. The highest BCUT2D eigenvalue weighted by molar-refractivity contribution is 5.77. The summed E-state index contributed by atoms with van der Waals surface area (Å²) in [5.74, 6) is 0.668. The molecule has 1 saturated heterocycles. The Kier molecular flexibility index (Phi) is 6.40. The Balaban J connectivity index is 2.00. The highest BCUT2D eigenvalue weighted by Gasteiger charge is 2.29. The first-order valence-electron chi connectivity index (χ1n) is 8.88. The van der Waals surface area contributed by atoms with E-state index >= 15 is 0 Å². The van der Waals surface area contributed by atoms with Crippen molar-refractivity contribution in [1.29, 1.82) is 0 Å². The van der Waals surface area contributed by atoms with E-state index in [9.17, 15) is 9.90 Å². The molecule has 2 atom stereocenters. The Morgan fingerprint density at radius 1 is 1.42 bits per heavy atom. The molecule has 2 unspecified atom stereocenters. The number of aliphatic hydroxyl groups excluding tert-OH is 1. The van der Waals surface area contributed by atoms with E-state index in [1.165, 1.54) is 5.56 Å². The Morgan fingerprint density at radius 2 is 2.12 bits per heavy atom. The minimum absolute atomic E-state index is 0.0450. The molecular weight excluding hydrogens is 306 g/mol. The molecule has 6 heteroatoms. The van der Waals surface area contributed by atoms with Gasteiger partial charge in [-0.3, -0.25) is 9.48 Å². The summed E-state index contributed by atoms with van der Waals surface area (Å²) in [5, 5.41) is 13.9. The van der Waals surface area contributed by atoms with Gasteiger partial charge in [0.1, 0.15) is 0 Å². The topological polar surface area (TPSA) is 67.6 Å². The van der Waals surface area contributed by atoms with E-state index in [2.05, 4.69) is 30.6 Å². The molecule has 24 heavy (non-hydrogen) atoms. The average Bonchev–Trinajstić information content (AvgIpc) is 2.79. The predicted molar refractivity (Wildman–Crippen MR) is 92.9 cm³/mol. The third kappa shape index (κ3) is 4.36. The molecule has 1 fully saturated rings. The fraction of sp³-hybridized carbons (Fsp3) is 0.778. The number of aryl methyl sites for hydroxylation is 1. The number of aliphatic hydroxyl groups is 1. The third-order valence-electron chi connectivity index (χ3n) is 4.69. The van der Waals surface area contributed by atoms with Crippen molar-refractivity contribution in [3.05, 3.63) is 17.0 Å². The van der Waals surface area contributed by atoms with Crippen LogP contribution in [0.1, 0.15) is 44.1 Å². The van der Waals surface area contributed by atoms with Crippen molar-refractivity contribution in [1.82, 2.24) is 14.7 Å². The van der Waals surface area contributed by atoms with E-state index in [4.69, 9.17) is 4.74 Å². The van der Waals surface area contributed by atoms with Gasteiger partial charge in [0.15, 0.2) is 0 Å². The average molecular weight is 337 g/mol. The van der Waals surface area contributed by atoms with Gasteiger partial charge in [0, 0.05) is 25.2 Å². The molecule has 0 radical (unpaired) electrons. The molecule has 0 spiro atoms. The second-order valence-corrected chi connectivity index (χ2v) is 7.26. The molecule has 2 heterocycles. The molecule has 6 nitrogen and oxygen atoms in total. The smallest absolute Gasteiger partial charge is 0.223 e. The molecule has 2 rings (SSSR count). The lowest BCUT2D eigenvalue weighted by Gasteiger charge is -2.37. The number of carbonyl (C=O) groups is 1. The van der Waals surface area contributed by atoms with Crippen LogP contribution in [0.25, 0.3) is 0 Å². The molecular formula is C18H31N3O3. The SMILES string of the molecule is Cc1nn(CC(C)C)c(C)c1CCC(=O)N1CC(CO)OCC1C. The Hall–Kier alpha value is -1.40. The summed E-state index contributed by atoms with van der Waals surface area (Å²) in [5.41, 5.74) is 3.37. The highest BCUT2D eigenvalue weighted by Crippen LogP contribution is 2.19. The van der Waals surface area contributed by atoms with Crippen molar-refractivity contribution >= 4 is 5.91 Å². The van der Waals surface area contributed by atoms with E-state index < -0.39 is 0 Å². The Bertz CT molecular complexity index is 568. The summed E-state index contributed by atoms with van der Waals surface area (Å²) < 4.78 is 7.56. The van der Waals surface area contributed by atoms with Gasteiger partial charge in [-0.2, -0.15) is 5.10 Å². The molecule has 1 aliphatic heterocycles. The first kappa shape index (κ1) is 18.9. The Labute approximate surface area is 144 Å². The number of nitrogens with zero attached hydrogens (tertiary/aromatic N) is 3. The van der Waals surface area contributed by atoms with Gasteiger partial charge < -0.3 is 14.7 Å². The van der Waals surface area contributed by atoms with Crippen LogP contribution in [0.5, 0.6) is 0 Å². The minimum atomic E-state index is -0.262. The monoisotopic (exact) mass is 337 g/mol. The van der Waals surface area contributed by atoms with E-state index in [0.717, 1.165) is 17.9 Å². The maximum atomic E-state index is 12.6. The van der Waals surface area contributed by atoms with Crippen molar-refractivity contribution in [2.45, 2.75) is 66.2 Å². The van der Waals surface area contributed by atoms with Crippen LogP contribution in [0.2, 0.25) is 0 Å². The molecule has 136 valence electrons. The van der Waals surface area contributed by atoms with Crippen LogP contribution in [-0.2, 0) is 22.5 Å². The zero-order chi connectivity index (χ0) is 17.9. The maximum absolute atomic E-state index is 12.6. The van der Waals surface area contributed by atoms with Gasteiger partial charge in [-0.1, -0.05) is 13.8 Å². The standard InChI is InChI=1S/C18H31N3O3/c1-12(2)8-21-15(5)17(14(4)19-21)6-7-18(23)20-9-16(10-22)24-11-13(20)3/h12-13,16,22H,6-11H2,1-5H3. The van der Waals surface area contributed by atoms with Crippen LogP contribution in [0, 0.1) is 19.8 Å². The molecule has 0 aromatic carbocycles. The number of hydrogen-bond donors (Lipinski definition) is 1. The van der Waals surface area contributed by atoms with E-state index in [1.54, 1.807) is 0 Å². The van der Waals surface area contributed by atoms with Gasteiger partial charge in [-0.15, -0.1) is 0 Å². The second kappa shape index (κ2) is 8.12. The van der Waals surface area contributed by atoms with E-state index in [1.807, 2.05) is 18.7 Å². The van der Waals surface area contributed by atoms with Crippen molar-refractivity contribution in [2.24, 2.45) is 5.92 Å². The fourth-order valence-corrected chi connectivity index (χ4v) is 3.27. The number of hydrogen-bond acceptors (Lipinski definition) is 4. The van der Waals surface area contributed by atoms with Gasteiger partial charge >= 0.3 is 0 Å². The van der Waals surface area contributed by atoms with Crippen LogP contribution in [0.15, 0.2) is 0 Å². The first-order valence-corrected chi connectivity index (χ1v) is 8.88. The van der Waals surface area contributed by atoms with Crippen molar-refractivity contribution in [3.8, 4) is 0 Å². The zero-order valence-electron chi connectivity index (χ0n) is 15.6. The molecule has 1 amide bonds. The lowest BCUT2D eigenvalue weighted by molar-refractivity contribution is -0.146. The second-order valence-electron chi connectivity index (χ2n) is 7.26. The molecule has 0 saturated carbocycles. The summed E-state index contributed by atoms with van der Waals surface area (Å²) in [6.45, 7) is 12.3. The van der Waals surface area contributed by atoms with Crippen LogP contribution in [-0.4, -0.2) is 57.6 Å². The summed E-state index contributed by atoms with van der Waals surface area (Å²) in [4.78, 5) is 14.5.